The van der Waals surface area contributed by atoms with E-state index in [9.17, 15) is 17.8 Å². The van der Waals surface area contributed by atoms with Gasteiger partial charge in [-0.15, -0.1) is 0 Å². The van der Waals surface area contributed by atoms with Gasteiger partial charge in [0.25, 0.3) is 10.1 Å². The number of ketones is 1. The second kappa shape index (κ2) is 5.54. The van der Waals surface area contributed by atoms with Gasteiger partial charge >= 0.3 is 0 Å². The SMILES string of the molecule is O=C(c1ccc2oc3ccccc3c2c1)c1ccccc1S(=O)(=O)O. The van der Waals surface area contributed by atoms with Crippen molar-refractivity contribution in [2.45, 2.75) is 4.90 Å². The van der Waals surface area contributed by atoms with Crippen molar-refractivity contribution in [3.63, 3.8) is 0 Å². The molecule has 1 N–H and O–H groups in total. The Hall–Kier alpha value is -2.96. The van der Waals surface area contributed by atoms with Gasteiger partial charge in [-0.05, 0) is 36.4 Å². The van der Waals surface area contributed by atoms with Crippen LogP contribution in [-0.2, 0) is 10.1 Å². The Morgan fingerprint density at radius 3 is 2.32 bits per heavy atom. The minimum Gasteiger partial charge on any atom is -0.456 e. The van der Waals surface area contributed by atoms with Gasteiger partial charge in [-0.3, -0.25) is 9.35 Å². The Morgan fingerprint density at radius 2 is 1.52 bits per heavy atom. The van der Waals surface area contributed by atoms with Gasteiger partial charge in [0.15, 0.2) is 5.78 Å². The largest absolute Gasteiger partial charge is 0.456 e. The summed E-state index contributed by atoms with van der Waals surface area (Å²) in [6.07, 6.45) is 0. The van der Waals surface area contributed by atoms with Crippen LogP contribution in [0.1, 0.15) is 15.9 Å². The van der Waals surface area contributed by atoms with E-state index in [0.29, 0.717) is 16.7 Å². The van der Waals surface area contributed by atoms with E-state index in [1.165, 1.54) is 18.2 Å². The molecular formula is C19H12O5S. The van der Waals surface area contributed by atoms with Crippen molar-refractivity contribution in [2.75, 3.05) is 0 Å². The van der Waals surface area contributed by atoms with Gasteiger partial charge in [-0.2, -0.15) is 8.42 Å². The van der Waals surface area contributed by atoms with Gasteiger partial charge in [0.2, 0.25) is 0 Å². The van der Waals surface area contributed by atoms with Crippen LogP contribution in [0.5, 0.6) is 0 Å². The molecule has 0 aliphatic heterocycles. The van der Waals surface area contributed by atoms with Crippen LogP contribution < -0.4 is 0 Å². The van der Waals surface area contributed by atoms with Crippen molar-refractivity contribution in [3.8, 4) is 0 Å². The fraction of sp³-hybridized carbons (Fsp3) is 0. The van der Waals surface area contributed by atoms with Gasteiger partial charge in [0, 0.05) is 21.9 Å². The molecule has 0 fully saturated rings. The van der Waals surface area contributed by atoms with Crippen LogP contribution in [0.25, 0.3) is 21.9 Å². The summed E-state index contributed by atoms with van der Waals surface area (Å²) >= 11 is 0. The van der Waals surface area contributed by atoms with Crippen LogP contribution in [-0.4, -0.2) is 18.8 Å². The molecule has 0 atom stereocenters. The lowest BCUT2D eigenvalue weighted by Crippen LogP contribution is -2.09. The van der Waals surface area contributed by atoms with E-state index < -0.39 is 20.8 Å². The summed E-state index contributed by atoms with van der Waals surface area (Å²) in [4.78, 5) is 12.4. The number of para-hydroxylation sites is 1. The third kappa shape index (κ3) is 2.61. The molecule has 4 aromatic rings. The Kier molecular flexibility index (Phi) is 3.45. The predicted molar refractivity (Wildman–Crippen MR) is 93.4 cm³/mol. The molecule has 124 valence electrons. The van der Waals surface area contributed by atoms with Crippen LogP contribution in [0.15, 0.2) is 76.0 Å². The minimum absolute atomic E-state index is 0.0721. The number of hydrogen-bond acceptors (Lipinski definition) is 4. The van der Waals surface area contributed by atoms with E-state index in [1.807, 2.05) is 24.3 Å². The molecule has 1 heterocycles. The highest BCUT2D eigenvalue weighted by molar-refractivity contribution is 7.86. The van der Waals surface area contributed by atoms with Crippen LogP contribution in [0.4, 0.5) is 0 Å². The van der Waals surface area contributed by atoms with Crippen molar-refractivity contribution >= 4 is 37.8 Å². The number of carbonyl (C=O) groups excluding carboxylic acids is 1. The van der Waals surface area contributed by atoms with Crippen LogP contribution in [0, 0.1) is 0 Å². The molecule has 3 aromatic carbocycles. The van der Waals surface area contributed by atoms with Crippen LogP contribution in [0.2, 0.25) is 0 Å². The van der Waals surface area contributed by atoms with Crippen molar-refractivity contribution in [2.24, 2.45) is 0 Å². The maximum Gasteiger partial charge on any atom is 0.295 e. The Morgan fingerprint density at radius 1 is 0.840 bits per heavy atom. The van der Waals surface area contributed by atoms with Crippen molar-refractivity contribution in [1.82, 2.24) is 0 Å². The zero-order valence-electron chi connectivity index (χ0n) is 12.8. The monoisotopic (exact) mass is 352 g/mol. The highest BCUT2D eigenvalue weighted by Crippen LogP contribution is 2.30. The first kappa shape index (κ1) is 15.6. The van der Waals surface area contributed by atoms with Crippen molar-refractivity contribution < 1.29 is 22.2 Å². The first-order valence-corrected chi connectivity index (χ1v) is 8.92. The summed E-state index contributed by atoms with van der Waals surface area (Å²) in [5.41, 5.74) is 1.59. The Bertz CT molecular complexity index is 1240. The fourth-order valence-electron chi connectivity index (χ4n) is 2.90. The van der Waals surface area contributed by atoms with Gasteiger partial charge in [-0.25, -0.2) is 0 Å². The third-order valence-corrected chi connectivity index (χ3v) is 4.96. The molecular weight excluding hydrogens is 340 g/mol. The van der Waals surface area contributed by atoms with E-state index in [0.717, 1.165) is 10.8 Å². The molecule has 0 aliphatic rings. The van der Waals surface area contributed by atoms with Crippen molar-refractivity contribution in [1.29, 1.82) is 0 Å². The number of fused-ring (bicyclic) bond motifs is 3. The number of hydrogen-bond donors (Lipinski definition) is 1. The highest BCUT2D eigenvalue weighted by atomic mass is 32.2. The summed E-state index contributed by atoms with van der Waals surface area (Å²) in [5, 5.41) is 1.64. The number of rotatable bonds is 3. The van der Waals surface area contributed by atoms with E-state index in [2.05, 4.69) is 0 Å². The summed E-state index contributed by atoms with van der Waals surface area (Å²) in [6, 6.07) is 18.0. The first-order chi connectivity index (χ1) is 11.9. The number of benzene rings is 3. The van der Waals surface area contributed by atoms with E-state index in [4.69, 9.17) is 4.42 Å². The maximum atomic E-state index is 12.8. The molecule has 0 saturated carbocycles. The van der Waals surface area contributed by atoms with E-state index >= 15 is 0 Å². The van der Waals surface area contributed by atoms with E-state index in [-0.39, 0.29) is 5.56 Å². The lowest BCUT2D eigenvalue weighted by molar-refractivity contribution is 0.103. The topological polar surface area (TPSA) is 84.6 Å². The molecule has 5 nitrogen and oxygen atoms in total. The molecule has 0 spiro atoms. The maximum absolute atomic E-state index is 12.8. The molecule has 0 radical (unpaired) electrons. The zero-order valence-corrected chi connectivity index (χ0v) is 13.7. The van der Waals surface area contributed by atoms with Gasteiger partial charge in [0.05, 0.1) is 0 Å². The molecule has 0 aliphatic carbocycles. The average molecular weight is 352 g/mol. The zero-order chi connectivity index (χ0) is 17.6. The smallest absolute Gasteiger partial charge is 0.295 e. The normalized spacial score (nSPS) is 11.9. The van der Waals surface area contributed by atoms with Gasteiger partial charge < -0.3 is 4.42 Å². The summed E-state index contributed by atoms with van der Waals surface area (Å²) in [6.45, 7) is 0. The second-order valence-electron chi connectivity index (χ2n) is 5.61. The highest BCUT2D eigenvalue weighted by Gasteiger charge is 2.21. The fourth-order valence-corrected chi connectivity index (χ4v) is 3.59. The summed E-state index contributed by atoms with van der Waals surface area (Å²) in [7, 11) is -4.49. The minimum atomic E-state index is -4.49. The number of furan rings is 1. The molecule has 0 amide bonds. The lowest BCUT2D eigenvalue weighted by Gasteiger charge is -2.06. The first-order valence-electron chi connectivity index (χ1n) is 7.48. The molecule has 4 rings (SSSR count). The summed E-state index contributed by atoms with van der Waals surface area (Å²) in [5.74, 6) is -0.486. The molecule has 0 bridgehead atoms. The standard InChI is InChI=1S/C19H12O5S/c20-19(14-6-2-4-8-18(14)25(21,22)23)12-9-10-17-15(11-12)13-5-1-3-7-16(13)24-17/h1-11H,(H,21,22,23). The Labute approximate surface area is 143 Å². The number of carbonyl (C=O) groups is 1. The van der Waals surface area contributed by atoms with Crippen molar-refractivity contribution in [3.05, 3.63) is 77.9 Å². The van der Waals surface area contributed by atoms with Gasteiger partial charge in [-0.1, -0.05) is 30.3 Å². The Balaban J connectivity index is 1.91. The molecule has 6 heteroatoms. The third-order valence-electron chi connectivity index (χ3n) is 4.05. The predicted octanol–water partition coefficient (Wildman–Crippen LogP) is 4.06. The summed E-state index contributed by atoms with van der Waals surface area (Å²) < 4.78 is 38.1. The van der Waals surface area contributed by atoms with Crippen LogP contribution >= 0.6 is 0 Å². The van der Waals surface area contributed by atoms with E-state index in [1.54, 1.807) is 24.3 Å². The average Bonchev–Trinajstić information content (AvgIpc) is 2.98. The second-order valence-corrected chi connectivity index (χ2v) is 7.00. The molecule has 0 unspecified atom stereocenters. The molecule has 25 heavy (non-hydrogen) atoms. The van der Waals surface area contributed by atoms with Gasteiger partial charge in [0.1, 0.15) is 16.1 Å². The molecule has 1 aromatic heterocycles. The quantitative estimate of drug-likeness (QED) is 0.444. The molecule has 0 saturated heterocycles. The lowest BCUT2D eigenvalue weighted by atomic mass is 10.0. The van der Waals surface area contributed by atoms with Crippen LogP contribution in [0.3, 0.4) is 0 Å².